The summed E-state index contributed by atoms with van der Waals surface area (Å²) in [4.78, 5) is 11.6. The first-order valence-corrected chi connectivity index (χ1v) is 7.45. The van der Waals surface area contributed by atoms with E-state index in [1.807, 2.05) is 31.2 Å². The normalized spacial score (nSPS) is 10.7. The lowest BCUT2D eigenvalue weighted by atomic mass is 10.0. The van der Waals surface area contributed by atoms with Gasteiger partial charge in [-0.25, -0.2) is 0 Å². The summed E-state index contributed by atoms with van der Waals surface area (Å²) in [6.07, 6.45) is 0.530. The highest BCUT2D eigenvalue weighted by molar-refractivity contribution is 5.95. The predicted molar refractivity (Wildman–Crippen MR) is 85.9 cm³/mol. The van der Waals surface area contributed by atoms with Crippen LogP contribution >= 0.6 is 0 Å². The van der Waals surface area contributed by atoms with Crippen molar-refractivity contribution in [1.29, 1.82) is 0 Å². The van der Waals surface area contributed by atoms with Gasteiger partial charge in [-0.1, -0.05) is 45.0 Å². The summed E-state index contributed by atoms with van der Waals surface area (Å²) in [6.45, 7) is 6.78. The molecule has 0 radical (unpaired) electrons. The molecule has 0 aliphatic heterocycles. The fraction of sp³-hybridized carbons (Fsp3) is 0.316. The minimum Gasteiger partial charge on any atom is -0.489 e. The predicted octanol–water partition coefficient (Wildman–Crippen LogP) is 4.98. The van der Waals surface area contributed by atoms with Crippen LogP contribution in [-0.2, 0) is 6.61 Å². The molecule has 110 valence electrons. The van der Waals surface area contributed by atoms with E-state index in [1.54, 1.807) is 0 Å². The number of carbonyl (C=O) groups excluding carboxylic acids is 1. The van der Waals surface area contributed by atoms with Crippen LogP contribution < -0.4 is 4.74 Å². The van der Waals surface area contributed by atoms with Gasteiger partial charge in [-0.15, -0.1) is 0 Å². The van der Waals surface area contributed by atoms with Crippen LogP contribution in [0.2, 0.25) is 0 Å². The zero-order valence-corrected chi connectivity index (χ0v) is 12.9. The monoisotopic (exact) mass is 282 g/mol. The van der Waals surface area contributed by atoms with Crippen LogP contribution in [0.25, 0.3) is 0 Å². The summed E-state index contributed by atoms with van der Waals surface area (Å²) < 4.78 is 5.75. The van der Waals surface area contributed by atoms with E-state index in [4.69, 9.17) is 4.74 Å². The smallest absolute Gasteiger partial charge is 0.162 e. The molecule has 2 heteroatoms. The molecule has 2 rings (SSSR count). The molecule has 0 spiro atoms. The van der Waals surface area contributed by atoms with Gasteiger partial charge in [0.05, 0.1) is 0 Å². The Hall–Kier alpha value is -2.09. The Kier molecular flexibility index (Phi) is 5.15. The zero-order valence-electron chi connectivity index (χ0n) is 12.9. The Bertz CT molecular complexity index is 580. The van der Waals surface area contributed by atoms with Crippen LogP contribution in [0.15, 0.2) is 48.5 Å². The van der Waals surface area contributed by atoms with Gasteiger partial charge in [-0.2, -0.15) is 0 Å². The zero-order chi connectivity index (χ0) is 15.2. The molecule has 0 atom stereocenters. The number of ketones is 1. The summed E-state index contributed by atoms with van der Waals surface area (Å²) in [5.41, 5.74) is 3.22. The van der Waals surface area contributed by atoms with E-state index >= 15 is 0 Å². The van der Waals surface area contributed by atoms with Gasteiger partial charge >= 0.3 is 0 Å². The van der Waals surface area contributed by atoms with Gasteiger partial charge in [0.15, 0.2) is 5.78 Å². The van der Waals surface area contributed by atoms with Gasteiger partial charge in [-0.05, 0) is 41.3 Å². The fourth-order valence-corrected chi connectivity index (χ4v) is 2.11. The van der Waals surface area contributed by atoms with Crippen molar-refractivity contribution in [1.82, 2.24) is 0 Å². The van der Waals surface area contributed by atoms with Gasteiger partial charge in [0.1, 0.15) is 12.4 Å². The van der Waals surface area contributed by atoms with Crippen molar-refractivity contribution in [2.75, 3.05) is 0 Å². The van der Waals surface area contributed by atoms with E-state index < -0.39 is 0 Å². The fourth-order valence-electron chi connectivity index (χ4n) is 2.11. The van der Waals surface area contributed by atoms with E-state index in [9.17, 15) is 4.79 Å². The molecule has 0 saturated carbocycles. The average Bonchev–Trinajstić information content (AvgIpc) is 2.53. The number of hydrogen-bond acceptors (Lipinski definition) is 2. The second kappa shape index (κ2) is 7.07. The first-order chi connectivity index (χ1) is 10.1. The lowest BCUT2D eigenvalue weighted by Crippen LogP contribution is -1.98. The molecule has 0 fully saturated rings. The molecule has 21 heavy (non-hydrogen) atoms. The van der Waals surface area contributed by atoms with Crippen LogP contribution in [0, 0.1) is 0 Å². The summed E-state index contributed by atoms with van der Waals surface area (Å²) in [5.74, 6) is 1.49. The number of rotatable bonds is 6. The molecular formula is C19H22O2. The van der Waals surface area contributed by atoms with Crippen LogP contribution in [0.1, 0.15) is 54.6 Å². The lowest BCUT2D eigenvalue weighted by Gasteiger charge is -2.09. The number of carbonyl (C=O) groups is 1. The van der Waals surface area contributed by atoms with Crippen molar-refractivity contribution in [2.45, 2.75) is 39.7 Å². The minimum atomic E-state index is 0.158. The van der Waals surface area contributed by atoms with Crippen LogP contribution in [0.5, 0.6) is 5.75 Å². The number of ether oxygens (including phenoxy) is 1. The van der Waals surface area contributed by atoms with Crippen molar-refractivity contribution in [3.63, 3.8) is 0 Å². The SMILES string of the molecule is CCC(=O)c1ccc(OCc2ccc(C(C)C)cc2)cc1. The maximum Gasteiger partial charge on any atom is 0.162 e. The van der Waals surface area contributed by atoms with Crippen molar-refractivity contribution in [2.24, 2.45) is 0 Å². The molecule has 0 bridgehead atoms. The number of Topliss-reactive ketones (excluding diaryl/α,β-unsaturated/α-hetero) is 1. The highest BCUT2D eigenvalue weighted by atomic mass is 16.5. The largest absolute Gasteiger partial charge is 0.489 e. The highest BCUT2D eigenvalue weighted by Gasteiger charge is 2.03. The second-order valence-electron chi connectivity index (χ2n) is 5.49. The van der Waals surface area contributed by atoms with E-state index in [0.717, 1.165) is 16.9 Å². The standard InChI is InChI=1S/C19H22O2/c1-4-19(20)17-9-11-18(12-10-17)21-13-15-5-7-16(8-6-15)14(2)3/h5-12,14H,4,13H2,1-3H3. The average molecular weight is 282 g/mol. The van der Waals surface area contributed by atoms with E-state index in [-0.39, 0.29) is 5.78 Å². The number of hydrogen-bond donors (Lipinski definition) is 0. The van der Waals surface area contributed by atoms with Crippen molar-refractivity contribution < 1.29 is 9.53 Å². The van der Waals surface area contributed by atoms with Crippen molar-refractivity contribution >= 4 is 5.78 Å². The third-order valence-corrected chi connectivity index (χ3v) is 3.55. The van der Waals surface area contributed by atoms with E-state index in [2.05, 4.69) is 38.1 Å². The van der Waals surface area contributed by atoms with Crippen LogP contribution in [-0.4, -0.2) is 5.78 Å². The summed E-state index contributed by atoms with van der Waals surface area (Å²) >= 11 is 0. The van der Waals surface area contributed by atoms with Gasteiger partial charge < -0.3 is 4.74 Å². The summed E-state index contributed by atoms with van der Waals surface area (Å²) in [7, 11) is 0. The maximum absolute atomic E-state index is 11.6. The molecule has 0 amide bonds. The van der Waals surface area contributed by atoms with Crippen molar-refractivity contribution in [3.8, 4) is 5.75 Å². The van der Waals surface area contributed by atoms with Crippen molar-refractivity contribution in [3.05, 3.63) is 65.2 Å². The Morgan fingerprint density at radius 2 is 1.62 bits per heavy atom. The van der Waals surface area contributed by atoms with Crippen LogP contribution in [0.3, 0.4) is 0 Å². The Morgan fingerprint density at radius 3 is 2.14 bits per heavy atom. The molecule has 2 aromatic rings. The molecule has 2 aromatic carbocycles. The van der Waals surface area contributed by atoms with Gasteiger partial charge in [0.2, 0.25) is 0 Å². The molecule has 0 unspecified atom stereocenters. The molecule has 0 heterocycles. The third kappa shape index (κ3) is 4.19. The highest BCUT2D eigenvalue weighted by Crippen LogP contribution is 2.17. The minimum absolute atomic E-state index is 0.158. The van der Waals surface area contributed by atoms with E-state index in [0.29, 0.717) is 18.9 Å². The Morgan fingerprint density at radius 1 is 1.00 bits per heavy atom. The van der Waals surface area contributed by atoms with E-state index in [1.165, 1.54) is 5.56 Å². The molecule has 0 aliphatic rings. The molecular weight excluding hydrogens is 260 g/mol. The summed E-state index contributed by atoms with van der Waals surface area (Å²) in [6, 6.07) is 15.8. The topological polar surface area (TPSA) is 26.3 Å². The molecule has 0 saturated heterocycles. The Labute approximate surface area is 126 Å². The third-order valence-electron chi connectivity index (χ3n) is 3.55. The van der Waals surface area contributed by atoms with Gasteiger partial charge in [0.25, 0.3) is 0 Å². The first kappa shape index (κ1) is 15.3. The molecule has 2 nitrogen and oxygen atoms in total. The Balaban J connectivity index is 1.95. The van der Waals surface area contributed by atoms with Crippen LogP contribution in [0.4, 0.5) is 0 Å². The quantitative estimate of drug-likeness (QED) is 0.698. The molecule has 0 aliphatic carbocycles. The second-order valence-corrected chi connectivity index (χ2v) is 5.49. The first-order valence-electron chi connectivity index (χ1n) is 7.45. The molecule has 0 aromatic heterocycles. The van der Waals surface area contributed by atoms with Gasteiger partial charge in [-0.3, -0.25) is 4.79 Å². The lowest BCUT2D eigenvalue weighted by molar-refractivity contribution is 0.0988. The maximum atomic E-state index is 11.6. The molecule has 0 N–H and O–H groups in total. The summed E-state index contributed by atoms with van der Waals surface area (Å²) in [5, 5.41) is 0. The number of benzene rings is 2. The van der Waals surface area contributed by atoms with Gasteiger partial charge in [0, 0.05) is 12.0 Å².